The highest BCUT2D eigenvalue weighted by Gasteiger charge is 2.07. The number of likely N-dealkylation sites (tertiary alicyclic amines) is 1. The van der Waals surface area contributed by atoms with E-state index in [1.807, 2.05) is 0 Å². The normalized spacial score (nSPS) is 21.5. The lowest BCUT2D eigenvalue weighted by atomic mass is 10.2. The second kappa shape index (κ2) is 5.59. The monoisotopic (exact) mass is 154 g/mol. The van der Waals surface area contributed by atoms with Crippen LogP contribution >= 0.6 is 0 Å². The fraction of sp³-hybridized carbons (Fsp3) is 0.900. The van der Waals surface area contributed by atoms with Crippen molar-refractivity contribution in [1.29, 1.82) is 0 Å². The number of nitrogens with zero attached hydrogens (tertiary/aromatic N) is 1. The van der Waals surface area contributed by atoms with E-state index in [1.165, 1.54) is 51.6 Å². The average Bonchev–Trinajstić information content (AvgIpc) is 2.28. The molecule has 0 saturated carbocycles. The first-order chi connectivity index (χ1) is 5.43. The van der Waals surface area contributed by atoms with Gasteiger partial charge in [0.25, 0.3) is 0 Å². The molecular formula is C10H20N. The van der Waals surface area contributed by atoms with Gasteiger partial charge in [-0.2, -0.15) is 0 Å². The molecule has 1 aliphatic rings. The summed E-state index contributed by atoms with van der Waals surface area (Å²) in [6.07, 6.45) is 8.23. The van der Waals surface area contributed by atoms with Crippen LogP contribution in [-0.2, 0) is 0 Å². The van der Waals surface area contributed by atoms with Gasteiger partial charge in [0.05, 0.1) is 0 Å². The van der Waals surface area contributed by atoms with Gasteiger partial charge in [0.1, 0.15) is 0 Å². The third-order valence-corrected chi connectivity index (χ3v) is 2.34. The van der Waals surface area contributed by atoms with E-state index >= 15 is 0 Å². The molecule has 0 aromatic rings. The molecule has 1 radical (unpaired) electrons. The Morgan fingerprint density at radius 3 is 3.00 bits per heavy atom. The fourth-order valence-corrected chi connectivity index (χ4v) is 1.57. The topological polar surface area (TPSA) is 3.24 Å². The smallest absolute Gasteiger partial charge is 0.0251 e. The SMILES string of the molecule is CCCCN1[CH]CCCCC1. The van der Waals surface area contributed by atoms with Gasteiger partial charge >= 0.3 is 0 Å². The van der Waals surface area contributed by atoms with Crippen LogP contribution in [0.4, 0.5) is 0 Å². The highest BCUT2D eigenvalue weighted by atomic mass is 15.1. The van der Waals surface area contributed by atoms with Crippen LogP contribution in [0.5, 0.6) is 0 Å². The molecule has 0 N–H and O–H groups in total. The molecular weight excluding hydrogens is 134 g/mol. The van der Waals surface area contributed by atoms with Gasteiger partial charge in [-0.15, -0.1) is 0 Å². The zero-order valence-electron chi connectivity index (χ0n) is 7.68. The standard InChI is InChI=1S/C10H20N/c1-2-3-8-11-9-6-4-5-7-10-11/h9H,2-8,10H2,1H3. The van der Waals surface area contributed by atoms with E-state index in [9.17, 15) is 0 Å². The number of hydrogen-bond donors (Lipinski definition) is 0. The lowest BCUT2D eigenvalue weighted by Gasteiger charge is -2.18. The molecule has 1 aliphatic heterocycles. The zero-order valence-corrected chi connectivity index (χ0v) is 7.68. The molecule has 0 aromatic heterocycles. The largest absolute Gasteiger partial charge is 0.299 e. The van der Waals surface area contributed by atoms with Gasteiger partial charge in [0.2, 0.25) is 0 Å². The van der Waals surface area contributed by atoms with Gasteiger partial charge in [-0.05, 0) is 32.4 Å². The molecule has 1 saturated heterocycles. The first-order valence-electron chi connectivity index (χ1n) is 5.01. The summed E-state index contributed by atoms with van der Waals surface area (Å²) < 4.78 is 0. The third-order valence-electron chi connectivity index (χ3n) is 2.34. The number of rotatable bonds is 3. The van der Waals surface area contributed by atoms with Gasteiger partial charge in [-0.3, -0.25) is 4.90 Å². The van der Waals surface area contributed by atoms with Crippen molar-refractivity contribution in [3.63, 3.8) is 0 Å². The zero-order chi connectivity index (χ0) is 7.94. The van der Waals surface area contributed by atoms with Crippen LogP contribution in [0.2, 0.25) is 0 Å². The van der Waals surface area contributed by atoms with Gasteiger partial charge in [-0.1, -0.05) is 26.2 Å². The van der Waals surface area contributed by atoms with Crippen LogP contribution < -0.4 is 0 Å². The quantitative estimate of drug-likeness (QED) is 0.604. The van der Waals surface area contributed by atoms with Crippen LogP contribution in [0.15, 0.2) is 0 Å². The van der Waals surface area contributed by atoms with Crippen LogP contribution in [0.3, 0.4) is 0 Å². The van der Waals surface area contributed by atoms with Crippen LogP contribution in [0, 0.1) is 6.54 Å². The summed E-state index contributed by atoms with van der Waals surface area (Å²) in [5.74, 6) is 0. The van der Waals surface area contributed by atoms with Gasteiger partial charge in [0, 0.05) is 6.54 Å². The van der Waals surface area contributed by atoms with E-state index in [4.69, 9.17) is 0 Å². The second-order valence-electron chi connectivity index (χ2n) is 3.42. The van der Waals surface area contributed by atoms with Crippen LogP contribution in [0.25, 0.3) is 0 Å². The summed E-state index contributed by atoms with van der Waals surface area (Å²) in [7, 11) is 0. The Bertz CT molecular complexity index is 82.9. The summed E-state index contributed by atoms with van der Waals surface area (Å²) >= 11 is 0. The highest BCUT2D eigenvalue weighted by molar-refractivity contribution is 4.72. The molecule has 0 bridgehead atoms. The lowest BCUT2D eigenvalue weighted by molar-refractivity contribution is 0.330. The Kier molecular flexibility index (Phi) is 4.60. The van der Waals surface area contributed by atoms with Crippen molar-refractivity contribution < 1.29 is 0 Å². The number of unbranched alkanes of at least 4 members (excludes halogenated alkanes) is 1. The Labute approximate surface area is 70.8 Å². The predicted molar refractivity (Wildman–Crippen MR) is 49.2 cm³/mol. The van der Waals surface area contributed by atoms with E-state index in [0.29, 0.717) is 0 Å². The Morgan fingerprint density at radius 1 is 1.27 bits per heavy atom. The highest BCUT2D eigenvalue weighted by Crippen LogP contribution is 2.13. The molecule has 1 rings (SSSR count). The fourth-order valence-electron chi connectivity index (χ4n) is 1.57. The minimum atomic E-state index is 1.29. The molecule has 0 aliphatic carbocycles. The Balaban J connectivity index is 2.09. The molecule has 0 amide bonds. The molecule has 1 heterocycles. The summed E-state index contributed by atoms with van der Waals surface area (Å²) in [4.78, 5) is 2.51. The van der Waals surface area contributed by atoms with E-state index in [-0.39, 0.29) is 0 Å². The predicted octanol–water partition coefficient (Wildman–Crippen LogP) is 2.82. The van der Waals surface area contributed by atoms with Gasteiger partial charge in [0.15, 0.2) is 0 Å². The summed E-state index contributed by atoms with van der Waals surface area (Å²) in [5, 5.41) is 0. The van der Waals surface area contributed by atoms with Crippen molar-refractivity contribution in [3.05, 3.63) is 6.54 Å². The summed E-state index contributed by atoms with van der Waals surface area (Å²) in [6, 6.07) is 0. The van der Waals surface area contributed by atoms with Gasteiger partial charge in [-0.25, -0.2) is 0 Å². The van der Waals surface area contributed by atoms with Crippen LogP contribution in [-0.4, -0.2) is 18.0 Å². The molecule has 1 nitrogen and oxygen atoms in total. The molecule has 1 heteroatoms. The average molecular weight is 154 g/mol. The second-order valence-corrected chi connectivity index (χ2v) is 3.42. The van der Waals surface area contributed by atoms with Crippen molar-refractivity contribution >= 4 is 0 Å². The van der Waals surface area contributed by atoms with Crippen molar-refractivity contribution in [1.82, 2.24) is 4.90 Å². The van der Waals surface area contributed by atoms with Crippen molar-refractivity contribution in [2.45, 2.75) is 45.4 Å². The Morgan fingerprint density at radius 2 is 2.18 bits per heavy atom. The van der Waals surface area contributed by atoms with E-state index in [0.717, 1.165) is 0 Å². The minimum absolute atomic E-state index is 1.29. The first kappa shape index (κ1) is 9.05. The third kappa shape index (κ3) is 3.76. The number of hydrogen-bond acceptors (Lipinski definition) is 1. The molecule has 65 valence electrons. The molecule has 0 unspecified atom stereocenters. The summed E-state index contributed by atoms with van der Waals surface area (Å²) in [5.41, 5.74) is 0. The van der Waals surface area contributed by atoms with Gasteiger partial charge < -0.3 is 0 Å². The lowest BCUT2D eigenvalue weighted by Crippen LogP contribution is -2.21. The van der Waals surface area contributed by atoms with E-state index < -0.39 is 0 Å². The minimum Gasteiger partial charge on any atom is -0.299 e. The maximum Gasteiger partial charge on any atom is 0.0251 e. The molecule has 11 heavy (non-hydrogen) atoms. The Hall–Kier alpha value is -0.0400. The van der Waals surface area contributed by atoms with Crippen molar-refractivity contribution in [2.75, 3.05) is 13.1 Å². The maximum absolute atomic E-state index is 2.51. The maximum atomic E-state index is 2.51. The van der Waals surface area contributed by atoms with E-state index in [2.05, 4.69) is 18.4 Å². The summed E-state index contributed by atoms with van der Waals surface area (Å²) in [6.45, 7) is 7.26. The van der Waals surface area contributed by atoms with Crippen molar-refractivity contribution in [2.24, 2.45) is 0 Å². The van der Waals surface area contributed by atoms with Crippen LogP contribution in [0.1, 0.15) is 45.4 Å². The van der Waals surface area contributed by atoms with E-state index in [1.54, 1.807) is 0 Å². The molecule has 0 spiro atoms. The molecule has 0 aromatic carbocycles. The molecule has 1 fully saturated rings. The molecule has 0 atom stereocenters. The first-order valence-corrected chi connectivity index (χ1v) is 5.01. The van der Waals surface area contributed by atoms with Crippen molar-refractivity contribution in [3.8, 4) is 0 Å².